The molecule has 19 heavy (non-hydrogen) atoms. The summed E-state index contributed by atoms with van der Waals surface area (Å²) in [6, 6.07) is 12.2. The fraction of sp³-hybridized carbons (Fsp3) is 0.375. The summed E-state index contributed by atoms with van der Waals surface area (Å²) in [6.07, 6.45) is 1.61. The van der Waals surface area contributed by atoms with Crippen LogP contribution in [-0.4, -0.2) is 18.3 Å². The second-order valence-electron chi connectivity index (χ2n) is 4.77. The van der Waals surface area contributed by atoms with Gasteiger partial charge in [-0.25, -0.2) is 0 Å². The summed E-state index contributed by atoms with van der Waals surface area (Å²) in [5, 5.41) is 11.1. The van der Waals surface area contributed by atoms with Crippen LogP contribution in [0, 0.1) is 0 Å². The molecule has 0 spiro atoms. The molecule has 0 amide bonds. The van der Waals surface area contributed by atoms with E-state index in [1.54, 1.807) is 0 Å². The lowest BCUT2D eigenvalue weighted by molar-refractivity contribution is 0.253. The highest BCUT2D eigenvalue weighted by Crippen LogP contribution is 2.33. The van der Waals surface area contributed by atoms with E-state index in [-0.39, 0.29) is 12.6 Å². The van der Waals surface area contributed by atoms with Crippen molar-refractivity contribution >= 4 is 10.8 Å². The minimum Gasteiger partial charge on any atom is -0.493 e. The number of rotatable bonds is 6. The summed E-state index contributed by atoms with van der Waals surface area (Å²) >= 11 is 0. The van der Waals surface area contributed by atoms with Gasteiger partial charge in [0.2, 0.25) is 0 Å². The molecule has 0 saturated heterocycles. The lowest BCUT2D eigenvalue weighted by atomic mass is 10.0. The molecule has 0 aromatic heterocycles. The number of ether oxygens (including phenoxy) is 1. The topological polar surface area (TPSA) is 55.5 Å². The molecule has 3 nitrogen and oxygen atoms in total. The lowest BCUT2D eigenvalue weighted by Gasteiger charge is -2.16. The third-order valence-corrected chi connectivity index (χ3v) is 3.20. The van der Waals surface area contributed by atoms with Crippen LogP contribution in [0.2, 0.25) is 0 Å². The van der Waals surface area contributed by atoms with Gasteiger partial charge in [0.05, 0.1) is 6.61 Å². The Kier molecular flexibility index (Phi) is 4.77. The van der Waals surface area contributed by atoms with Gasteiger partial charge in [-0.1, -0.05) is 36.4 Å². The Morgan fingerprint density at radius 2 is 1.95 bits per heavy atom. The van der Waals surface area contributed by atoms with E-state index in [1.165, 1.54) is 0 Å². The van der Waals surface area contributed by atoms with E-state index in [0.29, 0.717) is 6.61 Å². The van der Waals surface area contributed by atoms with Gasteiger partial charge >= 0.3 is 0 Å². The number of hydrogen-bond donors (Lipinski definition) is 2. The Morgan fingerprint density at radius 1 is 1.16 bits per heavy atom. The van der Waals surface area contributed by atoms with Crippen LogP contribution in [0.5, 0.6) is 5.75 Å². The van der Waals surface area contributed by atoms with E-state index in [4.69, 9.17) is 15.6 Å². The first-order valence-corrected chi connectivity index (χ1v) is 6.75. The SMILES string of the molecule is CC(N)c1ccc2ccccc2c1OCCCCO. The maximum Gasteiger partial charge on any atom is 0.131 e. The van der Waals surface area contributed by atoms with Crippen molar-refractivity contribution in [3.8, 4) is 5.75 Å². The highest BCUT2D eigenvalue weighted by Gasteiger charge is 2.11. The van der Waals surface area contributed by atoms with E-state index >= 15 is 0 Å². The van der Waals surface area contributed by atoms with Gasteiger partial charge in [-0.3, -0.25) is 0 Å². The molecule has 3 heteroatoms. The van der Waals surface area contributed by atoms with Crippen LogP contribution >= 0.6 is 0 Å². The highest BCUT2D eigenvalue weighted by atomic mass is 16.5. The third kappa shape index (κ3) is 3.25. The molecule has 0 bridgehead atoms. The van der Waals surface area contributed by atoms with Gasteiger partial charge < -0.3 is 15.6 Å². The average molecular weight is 259 g/mol. The predicted molar refractivity (Wildman–Crippen MR) is 78.4 cm³/mol. The Bertz CT molecular complexity index is 537. The van der Waals surface area contributed by atoms with Gasteiger partial charge in [-0.05, 0) is 25.2 Å². The molecule has 1 atom stereocenters. The van der Waals surface area contributed by atoms with E-state index in [2.05, 4.69) is 18.2 Å². The zero-order valence-corrected chi connectivity index (χ0v) is 11.3. The van der Waals surface area contributed by atoms with Crippen molar-refractivity contribution in [3.05, 3.63) is 42.0 Å². The molecule has 2 rings (SSSR count). The van der Waals surface area contributed by atoms with Gasteiger partial charge in [-0.2, -0.15) is 0 Å². The summed E-state index contributed by atoms with van der Waals surface area (Å²) in [7, 11) is 0. The maximum absolute atomic E-state index is 8.80. The molecule has 0 heterocycles. The van der Waals surface area contributed by atoms with Crippen molar-refractivity contribution < 1.29 is 9.84 Å². The van der Waals surface area contributed by atoms with Crippen molar-refractivity contribution in [2.45, 2.75) is 25.8 Å². The molecular weight excluding hydrogens is 238 g/mol. The highest BCUT2D eigenvalue weighted by molar-refractivity contribution is 5.89. The van der Waals surface area contributed by atoms with E-state index in [9.17, 15) is 0 Å². The molecule has 0 aliphatic heterocycles. The van der Waals surface area contributed by atoms with Gasteiger partial charge in [0.15, 0.2) is 0 Å². The zero-order valence-electron chi connectivity index (χ0n) is 11.3. The molecule has 0 radical (unpaired) electrons. The summed E-state index contributed by atoms with van der Waals surface area (Å²) in [5.41, 5.74) is 7.05. The second-order valence-corrected chi connectivity index (χ2v) is 4.77. The largest absolute Gasteiger partial charge is 0.493 e. The van der Waals surface area contributed by atoms with Gasteiger partial charge in [0.25, 0.3) is 0 Å². The van der Waals surface area contributed by atoms with Crippen LogP contribution in [-0.2, 0) is 0 Å². The minimum absolute atomic E-state index is 0.0579. The Balaban J connectivity index is 2.33. The molecule has 102 valence electrons. The van der Waals surface area contributed by atoms with Crippen LogP contribution in [0.4, 0.5) is 0 Å². The number of aliphatic hydroxyl groups excluding tert-OH is 1. The molecule has 2 aromatic carbocycles. The maximum atomic E-state index is 8.80. The zero-order chi connectivity index (χ0) is 13.7. The normalized spacial score (nSPS) is 12.6. The number of aliphatic hydroxyl groups is 1. The smallest absolute Gasteiger partial charge is 0.131 e. The summed E-state index contributed by atoms with van der Waals surface area (Å²) < 4.78 is 5.92. The average Bonchev–Trinajstić information content (AvgIpc) is 2.43. The van der Waals surface area contributed by atoms with Gasteiger partial charge in [0, 0.05) is 23.6 Å². The first-order chi connectivity index (χ1) is 9.24. The van der Waals surface area contributed by atoms with Crippen LogP contribution in [0.3, 0.4) is 0 Å². The summed E-state index contributed by atoms with van der Waals surface area (Å²) in [6.45, 7) is 2.78. The van der Waals surface area contributed by atoms with Gasteiger partial charge in [0.1, 0.15) is 5.75 Å². The van der Waals surface area contributed by atoms with Crippen LogP contribution in [0.15, 0.2) is 36.4 Å². The third-order valence-electron chi connectivity index (χ3n) is 3.20. The van der Waals surface area contributed by atoms with Crippen LogP contribution in [0.1, 0.15) is 31.4 Å². The molecule has 0 saturated carbocycles. The monoisotopic (exact) mass is 259 g/mol. The first-order valence-electron chi connectivity index (χ1n) is 6.75. The number of hydrogen-bond acceptors (Lipinski definition) is 3. The van der Waals surface area contributed by atoms with Crippen LogP contribution in [0.25, 0.3) is 10.8 Å². The van der Waals surface area contributed by atoms with Crippen molar-refractivity contribution in [3.63, 3.8) is 0 Å². The molecule has 2 aromatic rings. The number of fused-ring (bicyclic) bond motifs is 1. The van der Waals surface area contributed by atoms with Crippen molar-refractivity contribution in [1.82, 2.24) is 0 Å². The van der Waals surface area contributed by atoms with E-state index in [0.717, 1.165) is 34.9 Å². The van der Waals surface area contributed by atoms with E-state index < -0.39 is 0 Å². The van der Waals surface area contributed by atoms with E-state index in [1.807, 2.05) is 25.1 Å². The molecule has 0 fully saturated rings. The van der Waals surface area contributed by atoms with Gasteiger partial charge in [-0.15, -0.1) is 0 Å². The standard InChI is InChI=1S/C16H21NO2/c1-12(17)14-9-8-13-6-2-3-7-15(13)16(14)19-11-5-4-10-18/h2-3,6-9,12,18H,4-5,10-11,17H2,1H3. The summed E-state index contributed by atoms with van der Waals surface area (Å²) in [5.74, 6) is 0.881. The molecule has 0 aliphatic rings. The number of benzene rings is 2. The first kappa shape index (κ1) is 13.8. The minimum atomic E-state index is -0.0579. The Labute approximate surface area is 114 Å². The lowest BCUT2D eigenvalue weighted by Crippen LogP contribution is -2.09. The molecular formula is C16H21NO2. The van der Waals surface area contributed by atoms with Crippen molar-refractivity contribution in [2.75, 3.05) is 13.2 Å². The summed E-state index contributed by atoms with van der Waals surface area (Å²) in [4.78, 5) is 0. The number of nitrogens with two attached hydrogens (primary N) is 1. The molecule has 1 unspecified atom stereocenters. The van der Waals surface area contributed by atoms with Crippen LogP contribution < -0.4 is 10.5 Å². The Hall–Kier alpha value is -1.58. The second kappa shape index (κ2) is 6.55. The fourth-order valence-corrected chi connectivity index (χ4v) is 2.17. The number of unbranched alkanes of at least 4 members (excludes halogenated alkanes) is 1. The fourth-order valence-electron chi connectivity index (χ4n) is 2.17. The van der Waals surface area contributed by atoms with Crippen molar-refractivity contribution in [2.24, 2.45) is 5.73 Å². The molecule has 3 N–H and O–H groups in total. The quantitative estimate of drug-likeness (QED) is 0.784. The predicted octanol–water partition coefficient (Wildman–Crippen LogP) is 3.01. The Morgan fingerprint density at radius 3 is 2.68 bits per heavy atom. The molecule has 0 aliphatic carbocycles. The van der Waals surface area contributed by atoms with Crippen molar-refractivity contribution in [1.29, 1.82) is 0 Å².